The summed E-state index contributed by atoms with van der Waals surface area (Å²) in [5.74, 6) is 0.307. The zero-order valence-electron chi connectivity index (χ0n) is 18.2. The van der Waals surface area contributed by atoms with E-state index in [1.807, 2.05) is 65.4 Å². The lowest BCUT2D eigenvalue weighted by atomic mass is 10.0. The Hall–Kier alpha value is -3.95. The molecule has 164 valence electrons. The first kappa shape index (κ1) is 22.3. The van der Waals surface area contributed by atoms with Gasteiger partial charge in [-0.25, -0.2) is 4.99 Å². The monoisotopic (exact) mass is 455 g/mol. The number of aliphatic imine (C=N–C) groups is 1. The summed E-state index contributed by atoms with van der Waals surface area (Å²) in [6.07, 6.45) is 4.49. The number of nitrogens with one attached hydrogen (secondary N) is 1. The number of amides is 1. The molecule has 1 N–H and O–H groups in total. The Labute approximate surface area is 197 Å². The lowest BCUT2D eigenvalue weighted by molar-refractivity contribution is -0.129. The SMILES string of the molecule is C=Nc1c(C(C)=N)c(-c2ccc(Cl)cc2)cn1-c1cccc(C=C(C#N)C(=O)N2CCC2)c1. The number of nitrogens with zero attached hydrogens (tertiary/aromatic N) is 4. The molecule has 1 aromatic heterocycles. The number of likely N-dealkylation sites (tertiary alicyclic amines) is 1. The maximum absolute atomic E-state index is 12.5. The van der Waals surface area contributed by atoms with Gasteiger partial charge in [0.2, 0.25) is 0 Å². The highest BCUT2D eigenvalue weighted by Crippen LogP contribution is 2.36. The largest absolute Gasteiger partial charge is 0.338 e. The zero-order valence-corrected chi connectivity index (χ0v) is 18.9. The van der Waals surface area contributed by atoms with Crippen molar-refractivity contribution in [2.45, 2.75) is 13.3 Å². The maximum Gasteiger partial charge on any atom is 0.264 e. The average molecular weight is 456 g/mol. The van der Waals surface area contributed by atoms with Crippen LogP contribution in [-0.4, -0.2) is 40.9 Å². The molecule has 2 heterocycles. The molecule has 0 unspecified atom stereocenters. The molecule has 2 aromatic carbocycles. The first-order valence-electron chi connectivity index (χ1n) is 10.5. The summed E-state index contributed by atoms with van der Waals surface area (Å²) in [5.41, 5.74) is 4.41. The van der Waals surface area contributed by atoms with Crippen LogP contribution in [0.1, 0.15) is 24.5 Å². The van der Waals surface area contributed by atoms with Crippen LogP contribution in [0.25, 0.3) is 22.9 Å². The number of carbonyl (C=O) groups excluding carboxylic acids is 1. The van der Waals surface area contributed by atoms with Gasteiger partial charge in [-0.1, -0.05) is 35.9 Å². The third-order valence-electron chi connectivity index (χ3n) is 5.61. The van der Waals surface area contributed by atoms with Crippen LogP contribution < -0.4 is 0 Å². The minimum absolute atomic E-state index is 0.110. The number of halogens is 1. The van der Waals surface area contributed by atoms with Crippen LogP contribution >= 0.6 is 11.6 Å². The molecular weight excluding hydrogens is 434 g/mol. The third kappa shape index (κ3) is 4.36. The molecule has 1 aliphatic rings. The van der Waals surface area contributed by atoms with Crippen LogP contribution in [0.5, 0.6) is 0 Å². The highest BCUT2D eigenvalue weighted by Gasteiger charge is 2.23. The average Bonchev–Trinajstić information content (AvgIpc) is 3.17. The van der Waals surface area contributed by atoms with Crippen LogP contribution in [0.15, 0.2) is 65.3 Å². The Morgan fingerprint density at radius 2 is 1.97 bits per heavy atom. The molecule has 0 saturated carbocycles. The van der Waals surface area contributed by atoms with Gasteiger partial charge in [0, 0.05) is 46.8 Å². The van der Waals surface area contributed by atoms with E-state index in [0.717, 1.165) is 28.8 Å². The second kappa shape index (κ2) is 9.27. The molecule has 0 aliphatic carbocycles. The Balaban J connectivity index is 1.80. The van der Waals surface area contributed by atoms with Crippen LogP contribution in [0.4, 0.5) is 5.82 Å². The lowest BCUT2D eigenvalue weighted by Gasteiger charge is -2.30. The fourth-order valence-electron chi connectivity index (χ4n) is 3.83. The molecule has 4 rings (SSSR count). The smallest absolute Gasteiger partial charge is 0.264 e. The maximum atomic E-state index is 12.5. The quantitative estimate of drug-likeness (QED) is 0.295. The van der Waals surface area contributed by atoms with Crippen molar-refractivity contribution in [3.63, 3.8) is 0 Å². The molecule has 1 amide bonds. The van der Waals surface area contributed by atoms with Crippen molar-refractivity contribution in [2.75, 3.05) is 13.1 Å². The van der Waals surface area contributed by atoms with E-state index in [4.69, 9.17) is 17.0 Å². The molecule has 0 bridgehead atoms. The number of hydrogen-bond donors (Lipinski definition) is 1. The first-order valence-corrected chi connectivity index (χ1v) is 10.9. The highest BCUT2D eigenvalue weighted by atomic mass is 35.5. The van der Waals surface area contributed by atoms with Gasteiger partial charge in [-0.2, -0.15) is 5.26 Å². The molecular formula is C26H22ClN5O. The molecule has 7 heteroatoms. The van der Waals surface area contributed by atoms with E-state index >= 15 is 0 Å². The van der Waals surface area contributed by atoms with Gasteiger partial charge in [0.25, 0.3) is 5.91 Å². The molecule has 0 atom stereocenters. The number of aromatic nitrogens is 1. The van der Waals surface area contributed by atoms with Crippen molar-refractivity contribution in [3.8, 4) is 22.9 Å². The molecule has 1 fully saturated rings. The van der Waals surface area contributed by atoms with Crippen LogP contribution in [-0.2, 0) is 4.79 Å². The second-order valence-corrected chi connectivity index (χ2v) is 8.25. The van der Waals surface area contributed by atoms with Crippen LogP contribution in [0.2, 0.25) is 5.02 Å². The number of benzene rings is 2. The fourth-order valence-corrected chi connectivity index (χ4v) is 3.95. The topological polar surface area (TPSA) is 85.2 Å². The van der Waals surface area contributed by atoms with Gasteiger partial charge in [-0.15, -0.1) is 0 Å². The van der Waals surface area contributed by atoms with Crippen LogP contribution in [0, 0.1) is 16.7 Å². The molecule has 3 aromatic rings. The van der Waals surface area contributed by atoms with E-state index in [2.05, 4.69) is 11.7 Å². The third-order valence-corrected chi connectivity index (χ3v) is 5.86. The summed E-state index contributed by atoms with van der Waals surface area (Å²) < 4.78 is 1.87. The van der Waals surface area contributed by atoms with Crippen molar-refractivity contribution < 1.29 is 4.79 Å². The van der Waals surface area contributed by atoms with Gasteiger partial charge in [0.1, 0.15) is 17.5 Å². The number of rotatable bonds is 6. The van der Waals surface area contributed by atoms with Crippen molar-refractivity contribution >= 4 is 41.8 Å². The standard InChI is InChI=1S/C26H22ClN5O/c1-17(29)24-23(19-7-9-21(27)10-8-19)16-32(25(24)30-2)22-6-3-5-18(14-22)13-20(15-28)26(33)31-11-4-12-31/h3,5-10,13-14,16,29H,2,4,11-12H2,1H3. The van der Waals surface area contributed by atoms with Crippen molar-refractivity contribution in [1.82, 2.24) is 9.47 Å². The fraction of sp³-hybridized carbons (Fsp3) is 0.154. The molecule has 1 saturated heterocycles. The zero-order chi connectivity index (χ0) is 23.5. The summed E-state index contributed by atoms with van der Waals surface area (Å²) in [5, 5.41) is 18.5. The Morgan fingerprint density at radius 1 is 1.24 bits per heavy atom. The van der Waals surface area contributed by atoms with E-state index in [-0.39, 0.29) is 11.5 Å². The minimum Gasteiger partial charge on any atom is -0.338 e. The van der Waals surface area contributed by atoms with E-state index in [1.165, 1.54) is 0 Å². The number of carbonyl (C=O) groups is 1. The van der Waals surface area contributed by atoms with Gasteiger partial charge in [-0.3, -0.25) is 4.79 Å². The van der Waals surface area contributed by atoms with Crippen LogP contribution in [0.3, 0.4) is 0 Å². The lowest BCUT2D eigenvalue weighted by Crippen LogP contribution is -2.42. The summed E-state index contributed by atoms with van der Waals surface area (Å²) >= 11 is 6.06. The minimum atomic E-state index is -0.240. The van der Waals surface area contributed by atoms with E-state index in [1.54, 1.807) is 17.9 Å². The summed E-state index contributed by atoms with van der Waals surface area (Å²) in [4.78, 5) is 18.4. The first-order chi connectivity index (χ1) is 15.9. The van der Waals surface area contributed by atoms with Crippen molar-refractivity contribution in [2.24, 2.45) is 4.99 Å². The van der Waals surface area contributed by atoms with Crippen molar-refractivity contribution in [3.05, 3.63) is 76.5 Å². The second-order valence-electron chi connectivity index (χ2n) is 7.81. The van der Waals surface area contributed by atoms with E-state index < -0.39 is 0 Å². The molecule has 0 spiro atoms. The molecule has 6 nitrogen and oxygen atoms in total. The summed E-state index contributed by atoms with van der Waals surface area (Å²) in [6.45, 7) is 6.82. The molecule has 1 aliphatic heterocycles. The van der Waals surface area contributed by atoms with E-state index in [9.17, 15) is 10.1 Å². The van der Waals surface area contributed by atoms with Gasteiger partial charge in [0.05, 0.1) is 0 Å². The van der Waals surface area contributed by atoms with Gasteiger partial charge < -0.3 is 14.9 Å². The Kier molecular flexibility index (Phi) is 6.25. The summed E-state index contributed by atoms with van der Waals surface area (Å²) in [6, 6.07) is 16.9. The predicted molar refractivity (Wildman–Crippen MR) is 133 cm³/mol. The van der Waals surface area contributed by atoms with Gasteiger partial charge in [-0.05, 0) is 61.5 Å². The molecule has 0 radical (unpaired) electrons. The van der Waals surface area contributed by atoms with Gasteiger partial charge >= 0.3 is 0 Å². The highest BCUT2D eigenvalue weighted by molar-refractivity contribution is 6.30. The Bertz CT molecular complexity index is 1320. The Morgan fingerprint density at radius 3 is 2.55 bits per heavy atom. The predicted octanol–water partition coefficient (Wildman–Crippen LogP) is 5.66. The summed E-state index contributed by atoms with van der Waals surface area (Å²) in [7, 11) is 0. The molecule has 33 heavy (non-hydrogen) atoms. The number of hydrogen-bond acceptors (Lipinski definition) is 4. The normalized spacial score (nSPS) is 13.2. The van der Waals surface area contributed by atoms with Gasteiger partial charge in [0.15, 0.2) is 0 Å². The van der Waals surface area contributed by atoms with E-state index in [0.29, 0.717) is 35.2 Å². The van der Waals surface area contributed by atoms with Crippen molar-refractivity contribution in [1.29, 1.82) is 10.7 Å². The number of nitriles is 1.